The zero-order valence-electron chi connectivity index (χ0n) is 18.5. The van der Waals surface area contributed by atoms with Crippen molar-refractivity contribution in [3.8, 4) is 0 Å². The standard InChI is InChI=1S/C26H31N5O/c32-25(18-7-9-22(10-8-18)29-26-27-11-4-12-28-26)31-14-3-5-19-15-20-16-21(24(19)31)17-30-13-2-1-6-23(20)30/h4,7-12,15,20-21,23-24H,1-3,5-6,13-14,16-17H2,(H,27,28,29)/t20-,21+,23+,24-/m0/s1. The molecule has 1 N–H and O–H groups in total. The average Bonchev–Trinajstić information content (AvgIpc) is 2.84. The van der Waals surface area contributed by atoms with E-state index in [2.05, 4.69) is 31.2 Å². The van der Waals surface area contributed by atoms with E-state index in [-0.39, 0.29) is 11.9 Å². The topological polar surface area (TPSA) is 61.4 Å². The maximum Gasteiger partial charge on any atom is 0.254 e. The molecule has 0 saturated carbocycles. The number of nitrogens with zero attached hydrogens (tertiary/aromatic N) is 4. The Kier molecular flexibility index (Phi) is 5.18. The summed E-state index contributed by atoms with van der Waals surface area (Å²) in [6.07, 6.45) is 13.5. The number of likely N-dealkylation sites (tertiary alicyclic amines) is 1. The molecule has 0 unspecified atom stereocenters. The lowest BCUT2D eigenvalue weighted by molar-refractivity contribution is 0.00148. The Bertz CT molecular complexity index is 1000. The third-order valence-electron chi connectivity index (χ3n) is 7.87. The Morgan fingerprint density at radius 2 is 1.88 bits per heavy atom. The van der Waals surface area contributed by atoms with Gasteiger partial charge in [0.25, 0.3) is 5.91 Å². The van der Waals surface area contributed by atoms with Gasteiger partial charge in [-0.15, -0.1) is 0 Å². The first-order valence-corrected chi connectivity index (χ1v) is 12.2. The van der Waals surface area contributed by atoms with Crippen LogP contribution in [0, 0.1) is 11.8 Å². The summed E-state index contributed by atoms with van der Waals surface area (Å²) < 4.78 is 0. The Hall–Kier alpha value is -2.73. The third-order valence-corrected chi connectivity index (χ3v) is 7.87. The van der Waals surface area contributed by atoms with E-state index in [9.17, 15) is 4.79 Å². The van der Waals surface area contributed by atoms with Gasteiger partial charge in [-0.1, -0.05) is 18.1 Å². The van der Waals surface area contributed by atoms with Crippen LogP contribution in [0.2, 0.25) is 0 Å². The maximum atomic E-state index is 13.6. The van der Waals surface area contributed by atoms with Gasteiger partial charge in [0.1, 0.15) is 0 Å². The van der Waals surface area contributed by atoms with Gasteiger partial charge < -0.3 is 10.2 Å². The van der Waals surface area contributed by atoms with E-state index in [0.717, 1.165) is 43.2 Å². The highest BCUT2D eigenvalue weighted by molar-refractivity contribution is 5.95. The Morgan fingerprint density at radius 3 is 2.72 bits per heavy atom. The first kappa shape index (κ1) is 19.9. The van der Waals surface area contributed by atoms with Crippen LogP contribution in [-0.2, 0) is 0 Å². The summed E-state index contributed by atoms with van der Waals surface area (Å²) in [5, 5.41) is 3.19. The first-order chi connectivity index (χ1) is 15.8. The van der Waals surface area contributed by atoms with Gasteiger partial charge in [-0.05, 0) is 80.8 Å². The fraction of sp³-hybridized carbons (Fsp3) is 0.500. The van der Waals surface area contributed by atoms with Crippen molar-refractivity contribution < 1.29 is 4.79 Å². The molecule has 166 valence electrons. The summed E-state index contributed by atoms with van der Waals surface area (Å²) in [6.45, 7) is 3.26. The van der Waals surface area contributed by atoms with Crippen LogP contribution in [-0.4, -0.2) is 57.4 Å². The molecule has 3 saturated heterocycles. The lowest BCUT2D eigenvalue weighted by atomic mass is 9.68. The summed E-state index contributed by atoms with van der Waals surface area (Å²) >= 11 is 0. The Labute approximate surface area is 189 Å². The molecule has 1 aromatic heterocycles. The van der Waals surface area contributed by atoms with Crippen LogP contribution in [0.25, 0.3) is 0 Å². The lowest BCUT2D eigenvalue weighted by Crippen LogP contribution is -2.60. The van der Waals surface area contributed by atoms with Crippen LogP contribution in [0.5, 0.6) is 0 Å². The van der Waals surface area contributed by atoms with Crippen LogP contribution in [0.4, 0.5) is 11.6 Å². The highest BCUT2D eigenvalue weighted by atomic mass is 16.2. The van der Waals surface area contributed by atoms with Gasteiger partial charge in [0.15, 0.2) is 0 Å². The minimum absolute atomic E-state index is 0.169. The highest BCUT2D eigenvalue weighted by Crippen LogP contribution is 2.45. The zero-order valence-corrected chi connectivity index (χ0v) is 18.5. The fourth-order valence-electron chi connectivity index (χ4n) is 6.56. The van der Waals surface area contributed by atoms with E-state index in [1.807, 2.05) is 24.3 Å². The SMILES string of the molecule is O=C(c1ccc(Nc2ncccn2)cc1)N1CCCC2=C[C@H]3C[C@H](CN4CCCC[C@H]34)[C@H]21. The molecule has 3 fully saturated rings. The van der Waals surface area contributed by atoms with Crippen LogP contribution in [0.15, 0.2) is 54.4 Å². The predicted molar refractivity (Wildman–Crippen MR) is 125 cm³/mol. The van der Waals surface area contributed by atoms with Crippen molar-refractivity contribution in [1.82, 2.24) is 19.8 Å². The number of benzene rings is 1. The van der Waals surface area contributed by atoms with Crippen molar-refractivity contribution in [2.45, 2.75) is 50.6 Å². The summed E-state index contributed by atoms with van der Waals surface area (Å²) in [5.74, 6) is 2.00. The maximum absolute atomic E-state index is 13.6. The zero-order chi connectivity index (χ0) is 21.5. The van der Waals surface area contributed by atoms with Crippen LogP contribution in [0.1, 0.15) is 48.9 Å². The minimum Gasteiger partial charge on any atom is -0.332 e. The number of aromatic nitrogens is 2. The molecule has 1 amide bonds. The van der Waals surface area contributed by atoms with E-state index in [4.69, 9.17) is 0 Å². The second-order valence-corrected chi connectivity index (χ2v) is 9.78. The van der Waals surface area contributed by atoms with Gasteiger partial charge in [0.2, 0.25) is 5.95 Å². The van der Waals surface area contributed by atoms with Crippen LogP contribution >= 0.6 is 0 Å². The van der Waals surface area contributed by atoms with E-state index in [0.29, 0.717) is 17.8 Å². The summed E-state index contributed by atoms with van der Waals surface area (Å²) in [4.78, 5) is 26.9. The number of carbonyl (C=O) groups is 1. The molecule has 0 spiro atoms. The Balaban J connectivity index is 1.22. The molecule has 1 aliphatic carbocycles. The smallest absolute Gasteiger partial charge is 0.254 e. The third kappa shape index (κ3) is 3.60. The average molecular weight is 430 g/mol. The number of hydrogen-bond donors (Lipinski definition) is 1. The number of hydrogen-bond acceptors (Lipinski definition) is 5. The molecule has 6 heteroatoms. The van der Waals surface area contributed by atoms with Crippen LogP contribution in [0.3, 0.4) is 0 Å². The van der Waals surface area contributed by atoms with Gasteiger partial charge in [-0.2, -0.15) is 0 Å². The number of rotatable bonds is 3. The number of piperidine rings is 3. The van der Waals surface area contributed by atoms with Crippen molar-refractivity contribution in [2.75, 3.05) is 25.0 Å². The summed E-state index contributed by atoms with van der Waals surface area (Å²) in [7, 11) is 0. The molecular formula is C26H31N5O. The molecule has 32 heavy (non-hydrogen) atoms. The van der Waals surface area contributed by atoms with E-state index in [1.165, 1.54) is 37.8 Å². The summed E-state index contributed by atoms with van der Waals surface area (Å²) in [5.41, 5.74) is 3.19. The van der Waals surface area contributed by atoms with Gasteiger partial charge in [-0.25, -0.2) is 9.97 Å². The lowest BCUT2D eigenvalue weighted by Gasteiger charge is -2.54. The van der Waals surface area contributed by atoms with Crippen molar-refractivity contribution >= 4 is 17.5 Å². The van der Waals surface area contributed by atoms with Crippen molar-refractivity contribution in [3.63, 3.8) is 0 Å². The second-order valence-electron chi connectivity index (χ2n) is 9.78. The molecule has 4 atom stereocenters. The molecule has 6 rings (SSSR count). The molecule has 2 aromatic rings. The largest absolute Gasteiger partial charge is 0.332 e. The Morgan fingerprint density at radius 1 is 1.03 bits per heavy atom. The number of amides is 1. The quantitative estimate of drug-likeness (QED) is 0.739. The van der Waals surface area contributed by atoms with E-state index >= 15 is 0 Å². The van der Waals surface area contributed by atoms with Crippen LogP contribution < -0.4 is 5.32 Å². The molecule has 2 bridgehead atoms. The highest BCUT2D eigenvalue weighted by Gasteiger charge is 2.46. The molecule has 6 nitrogen and oxygen atoms in total. The van der Waals surface area contributed by atoms with E-state index < -0.39 is 0 Å². The van der Waals surface area contributed by atoms with Gasteiger partial charge in [-0.3, -0.25) is 9.69 Å². The molecular weight excluding hydrogens is 398 g/mol. The number of fused-ring (bicyclic) bond motifs is 6. The van der Waals surface area contributed by atoms with Gasteiger partial charge in [0.05, 0.1) is 6.04 Å². The minimum atomic E-state index is 0.169. The normalized spacial score (nSPS) is 29.5. The predicted octanol–water partition coefficient (Wildman–Crippen LogP) is 4.26. The van der Waals surface area contributed by atoms with E-state index in [1.54, 1.807) is 18.5 Å². The molecule has 1 aromatic carbocycles. The molecule has 4 aliphatic rings. The number of anilines is 2. The molecule has 4 heterocycles. The summed E-state index contributed by atoms with van der Waals surface area (Å²) in [6, 6.07) is 10.6. The fourth-order valence-corrected chi connectivity index (χ4v) is 6.56. The molecule has 0 radical (unpaired) electrons. The first-order valence-electron chi connectivity index (χ1n) is 12.2. The van der Waals surface area contributed by atoms with Gasteiger partial charge >= 0.3 is 0 Å². The second kappa shape index (κ2) is 8.32. The van der Waals surface area contributed by atoms with Crippen molar-refractivity contribution in [3.05, 3.63) is 59.9 Å². The number of carbonyl (C=O) groups excluding carboxylic acids is 1. The van der Waals surface area contributed by atoms with Crippen molar-refractivity contribution in [1.29, 1.82) is 0 Å². The molecule has 3 aliphatic heterocycles. The monoisotopic (exact) mass is 429 g/mol. The van der Waals surface area contributed by atoms with Gasteiger partial charge in [0, 0.05) is 42.8 Å². The number of nitrogens with one attached hydrogen (secondary N) is 1. The van der Waals surface area contributed by atoms with Crippen molar-refractivity contribution in [2.24, 2.45) is 11.8 Å².